The molecule has 2 aliphatic rings. The predicted molar refractivity (Wildman–Crippen MR) is 96.5 cm³/mol. The van der Waals surface area contributed by atoms with E-state index in [0.717, 1.165) is 10.6 Å². The number of benzene rings is 1. The van der Waals surface area contributed by atoms with Gasteiger partial charge in [0.25, 0.3) is 5.91 Å². The van der Waals surface area contributed by atoms with Crippen molar-refractivity contribution >= 4 is 21.8 Å². The average Bonchev–Trinajstić information content (AvgIpc) is 3.03. The van der Waals surface area contributed by atoms with Gasteiger partial charge in [-0.25, -0.2) is 8.42 Å². The van der Waals surface area contributed by atoms with Gasteiger partial charge in [0.2, 0.25) is 15.9 Å². The molecule has 1 aromatic rings. The maximum absolute atomic E-state index is 12.7. The number of hydrogen-bond donors (Lipinski definition) is 2. The Morgan fingerprint density at radius 3 is 2.81 bits per heavy atom. The Balaban J connectivity index is 1.64. The molecule has 9 nitrogen and oxygen atoms in total. The first-order valence-electron chi connectivity index (χ1n) is 8.66. The number of nitrogens with zero attached hydrogens (tertiary/aromatic N) is 1. The monoisotopic (exact) mass is 397 g/mol. The van der Waals surface area contributed by atoms with Crippen molar-refractivity contribution < 1.29 is 27.5 Å². The van der Waals surface area contributed by atoms with E-state index in [-0.39, 0.29) is 32.8 Å². The summed E-state index contributed by atoms with van der Waals surface area (Å²) in [5.41, 5.74) is -1.49. The van der Waals surface area contributed by atoms with Crippen molar-refractivity contribution in [3.05, 3.63) is 30.3 Å². The van der Waals surface area contributed by atoms with Crippen LogP contribution in [-0.4, -0.2) is 75.8 Å². The number of carbonyl (C=O) groups excluding carboxylic acids is 2. The second-order valence-corrected chi connectivity index (χ2v) is 8.54. The smallest absolute Gasteiger partial charge is 0.254 e. The van der Waals surface area contributed by atoms with Crippen molar-refractivity contribution in [3.8, 4) is 5.75 Å². The highest BCUT2D eigenvalue weighted by Gasteiger charge is 2.59. The fourth-order valence-corrected chi connectivity index (χ4v) is 4.15. The van der Waals surface area contributed by atoms with E-state index in [1.165, 1.54) is 0 Å². The van der Waals surface area contributed by atoms with Gasteiger partial charge in [0.1, 0.15) is 12.4 Å². The molecule has 3 rings (SSSR count). The van der Waals surface area contributed by atoms with E-state index in [4.69, 9.17) is 9.47 Å². The van der Waals surface area contributed by atoms with Gasteiger partial charge in [0.15, 0.2) is 5.60 Å². The van der Waals surface area contributed by atoms with Gasteiger partial charge in [-0.15, -0.1) is 0 Å². The number of ether oxygens (including phenoxy) is 2. The number of rotatable bonds is 6. The van der Waals surface area contributed by atoms with E-state index in [1.807, 2.05) is 18.2 Å². The topological polar surface area (TPSA) is 114 Å². The first-order chi connectivity index (χ1) is 12.8. The predicted octanol–water partition coefficient (Wildman–Crippen LogP) is -1.04. The molecule has 2 fully saturated rings. The molecule has 0 bridgehead atoms. The molecule has 2 atom stereocenters. The number of amides is 2. The van der Waals surface area contributed by atoms with Crippen LogP contribution in [0.25, 0.3) is 0 Å². The molecule has 27 heavy (non-hydrogen) atoms. The van der Waals surface area contributed by atoms with Crippen LogP contribution in [0.4, 0.5) is 0 Å². The summed E-state index contributed by atoms with van der Waals surface area (Å²) in [6, 6.07) is 9.16. The minimum atomic E-state index is -3.56. The molecule has 0 radical (unpaired) electrons. The van der Waals surface area contributed by atoms with Crippen molar-refractivity contribution in [1.82, 2.24) is 14.9 Å². The fourth-order valence-electron chi connectivity index (χ4n) is 3.31. The Kier molecular flexibility index (Phi) is 5.68. The van der Waals surface area contributed by atoms with Gasteiger partial charge in [-0.1, -0.05) is 18.2 Å². The van der Waals surface area contributed by atoms with Crippen LogP contribution in [0, 0.1) is 5.92 Å². The largest absolute Gasteiger partial charge is 0.492 e. The molecular formula is C17H23N3O6S. The van der Waals surface area contributed by atoms with Crippen molar-refractivity contribution in [2.45, 2.75) is 5.60 Å². The lowest BCUT2D eigenvalue weighted by atomic mass is 9.88. The van der Waals surface area contributed by atoms with Crippen LogP contribution in [0.5, 0.6) is 5.75 Å². The molecule has 2 N–H and O–H groups in total. The SMILES string of the molecule is CS(=O)(=O)N1CC(C(=O)NCCOc2ccccc2)C2(C1)OCCNC2=O. The third-order valence-electron chi connectivity index (χ3n) is 4.69. The van der Waals surface area contributed by atoms with Crippen LogP contribution in [0.3, 0.4) is 0 Å². The van der Waals surface area contributed by atoms with Gasteiger partial charge in [0.05, 0.1) is 31.9 Å². The number of morpholine rings is 1. The zero-order valence-electron chi connectivity index (χ0n) is 15.0. The third kappa shape index (κ3) is 4.23. The first-order valence-corrected chi connectivity index (χ1v) is 10.5. The molecule has 1 spiro atoms. The maximum atomic E-state index is 12.7. The lowest BCUT2D eigenvalue weighted by Crippen LogP contribution is -2.62. The molecule has 2 aliphatic heterocycles. The molecule has 10 heteroatoms. The second kappa shape index (κ2) is 7.83. The molecular weight excluding hydrogens is 374 g/mol. The number of sulfonamides is 1. The lowest BCUT2D eigenvalue weighted by molar-refractivity contribution is -0.163. The fraction of sp³-hybridized carbons (Fsp3) is 0.529. The molecule has 1 aromatic carbocycles. The van der Waals surface area contributed by atoms with Gasteiger partial charge >= 0.3 is 0 Å². The Hall–Kier alpha value is -2.17. The standard InChI is InChI=1S/C17H23N3O6S/c1-27(23,24)20-11-14(17(12-20)16(22)19-8-10-26-17)15(21)18-7-9-25-13-5-3-2-4-6-13/h2-6,14H,7-12H2,1H3,(H,18,21)(H,19,22). The van der Waals surface area contributed by atoms with Gasteiger partial charge in [-0.2, -0.15) is 4.31 Å². The van der Waals surface area contributed by atoms with Crippen LogP contribution in [0.2, 0.25) is 0 Å². The minimum Gasteiger partial charge on any atom is -0.492 e. The van der Waals surface area contributed by atoms with E-state index in [1.54, 1.807) is 12.1 Å². The van der Waals surface area contributed by atoms with Gasteiger partial charge in [0, 0.05) is 13.1 Å². The highest BCUT2D eigenvalue weighted by molar-refractivity contribution is 7.88. The molecule has 0 saturated carbocycles. The van der Waals surface area contributed by atoms with Crippen LogP contribution in [0.15, 0.2) is 30.3 Å². The third-order valence-corrected chi connectivity index (χ3v) is 5.91. The van der Waals surface area contributed by atoms with Crippen LogP contribution in [0.1, 0.15) is 0 Å². The van der Waals surface area contributed by atoms with Crippen molar-refractivity contribution in [3.63, 3.8) is 0 Å². The van der Waals surface area contributed by atoms with Gasteiger partial charge in [-0.3, -0.25) is 9.59 Å². The molecule has 2 unspecified atom stereocenters. The van der Waals surface area contributed by atoms with Crippen molar-refractivity contribution in [2.24, 2.45) is 5.92 Å². The van der Waals surface area contributed by atoms with E-state index in [9.17, 15) is 18.0 Å². The zero-order valence-corrected chi connectivity index (χ0v) is 15.8. The van der Waals surface area contributed by atoms with Crippen LogP contribution < -0.4 is 15.4 Å². The molecule has 0 aromatic heterocycles. The summed E-state index contributed by atoms with van der Waals surface area (Å²) in [5.74, 6) is -1.14. The van der Waals surface area contributed by atoms with Crippen LogP contribution >= 0.6 is 0 Å². The van der Waals surface area contributed by atoms with Crippen molar-refractivity contribution in [1.29, 1.82) is 0 Å². The molecule has 2 heterocycles. The van der Waals surface area contributed by atoms with Gasteiger partial charge in [-0.05, 0) is 12.1 Å². The summed E-state index contributed by atoms with van der Waals surface area (Å²) in [6.07, 6.45) is 1.05. The Morgan fingerprint density at radius 1 is 1.41 bits per heavy atom. The highest BCUT2D eigenvalue weighted by atomic mass is 32.2. The Morgan fingerprint density at radius 2 is 2.15 bits per heavy atom. The van der Waals surface area contributed by atoms with E-state index in [2.05, 4.69) is 10.6 Å². The quantitative estimate of drug-likeness (QED) is 0.593. The number of hydrogen-bond acceptors (Lipinski definition) is 6. The summed E-state index contributed by atoms with van der Waals surface area (Å²) in [4.78, 5) is 25.2. The zero-order chi connectivity index (χ0) is 19.5. The van der Waals surface area contributed by atoms with E-state index < -0.39 is 33.4 Å². The van der Waals surface area contributed by atoms with E-state index in [0.29, 0.717) is 12.3 Å². The number of para-hydroxylation sites is 1. The second-order valence-electron chi connectivity index (χ2n) is 6.55. The summed E-state index contributed by atoms with van der Waals surface area (Å²) in [6.45, 7) is 0.760. The van der Waals surface area contributed by atoms with Gasteiger partial charge < -0.3 is 20.1 Å². The summed E-state index contributed by atoms with van der Waals surface area (Å²) in [7, 11) is -3.56. The van der Waals surface area contributed by atoms with Crippen molar-refractivity contribution in [2.75, 3.05) is 45.6 Å². The maximum Gasteiger partial charge on any atom is 0.254 e. The summed E-state index contributed by atoms with van der Waals surface area (Å²) >= 11 is 0. The first kappa shape index (κ1) is 19.6. The van der Waals surface area contributed by atoms with E-state index >= 15 is 0 Å². The molecule has 0 aliphatic carbocycles. The molecule has 2 saturated heterocycles. The lowest BCUT2D eigenvalue weighted by Gasteiger charge is -2.36. The minimum absolute atomic E-state index is 0.0996. The average molecular weight is 397 g/mol. The molecule has 2 amide bonds. The normalized spacial score (nSPS) is 26.0. The summed E-state index contributed by atoms with van der Waals surface area (Å²) < 4.78 is 36.2. The molecule has 148 valence electrons. The highest BCUT2D eigenvalue weighted by Crippen LogP contribution is 2.34. The Labute approximate surface area is 158 Å². The van der Waals surface area contributed by atoms with Crippen LogP contribution in [-0.2, 0) is 24.3 Å². The summed E-state index contributed by atoms with van der Waals surface area (Å²) in [5, 5.41) is 5.38. The number of nitrogens with one attached hydrogen (secondary N) is 2. The number of carbonyl (C=O) groups is 2. The Bertz CT molecular complexity index is 800.